The summed E-state index contributed by atoms with van der Waals surface area (Å²) in [5.74, 6) is -1.27. The molecule has 3 aromatic rings. The van der Waals surface area contributed by atoms with Crippen molar-refractivity contribution in [2.45, 2.75) is 31.5 Å². The van der Waals surface area contributed by atoms with Gasteiger partial charge >= 0.3 is 12.1 Å². The molecule has 9 heteroatoms. The fourth-order valence-corrected chi connectivity index (χ4v) is 4.06. The number of halogens is 2. The first-order valence-electron chi connectivity index (χ1n) is 11.2. The van der Waals surface area contributed by atoms with Gasteiger partial charge in [0, 0.05) is 22.9 Å². The molecule has 2 atom stereocenters. The molecule has 0 aliphatic rings. The first-order valence-corrected chi connectivity index (χ1v) is 11.9. The van der Waals surface area contributed by atoms with Gasteiger partial charge in [0.25, 0.3) is 0 Å². The zero-order valence-corrected chi connectivity index (χ0v) is 21.1. The van der Waals surface area contributed by atoms with Crippen LogP contribution < -0.4 is 10.6 Å². The van der Waals surface area contributed by atoms with E-state index in [4.69, 9.17) is 32.7 Å². The van der Waals surface area contributed by atoms with Gasteiger partial charge in [0.05, 0.1) is 7.11 Å². The van der Waals surface area contributed by atoms with Gasteiger partial charge in [-0.15, -0.1) is 0 Å². The third-order valence-corrected chi connectivity index (χ3v) is 6.08. The molecule has 3 aromatic carbocycles. The molecule has 2 N–H and O–H groups in total. The second-order valence-electron chi connectivity index (χ2n) is 7.94. The second kappa shape index (κ2) is 13.5. The molecule has 0 fully saturated rings. The van der Waals surface area contributed by atoms with Crippen molar-refractivity contribution in [2.24, 2.45) is 0 Å². The summed E-state index contributed by atoms with van der Waals surface area (Å²) in [5, 5.41) is 5.99. The maximum atomic E-state index is 13.3. The molecule has 0 aromatic heterocycles. The van der Waals surface area contributed by atoms with Gasteiger partial charge in [0.2, 0.25) is 5.91 Å². The maximum absolute atomic E-state index is 13.3. The number of ether oxygens (including phenoxy) is 2. The lowest BCUT2D eigenvalue weighted by molar-refractivity contribution is -0.145. The van der Waals surface area contributed by atoms with E-state index in [1.807, 2.05) is 60.7 Å². The Hall–Kier alpha value is -3.55. The van der Waals surface area contributed by atoms with E-state index < -0.39 is 30.1 Å². The van der Waals surface area contributed by atoms with Crippen LogP contribution in [-0.4, -0.2) is 37.2 Å². The lowest BCUT2D eigenvalue weighted by Crippen LogP contribution is -2.53. The Labute approximate surface area is 219 Å². The minimum Gasteiger partial charge on any atom is -0.467 e. The van der Waals surface area contributed by atoms with Crippen LogP contribution in [0.2, 0.25) is 10.0 Å². The highest BCUT2D eigenvalue weighted by molar-refractivity contribution is 6.36. The lowest BCUT2D eigenvalue weighted by Gasteiger charge is -2.23. The van der Waals surface area contributed by atoms with E-state index in [1.165, 1.54) is 7.11 Å². The molecule has 7 nitrogen and oxygen atoms in total. The minimum absolute atomic E-state index is 0.00737. The van der Waals surface area contributed by atoms with E-state index in [0.29, 0.717) is 15.6 Å². The molecule has 0 aliphatic heterocycles. The van der Waals surface area contributed by atoms with Gasteiger partial charge in [-0.05, 0) is 28.8 Å². The molecule has 188 valence electrons. The summed E-state index contributed by atoms with van der Waals surface area (Å²) in [7, 11) is 1.22. The largest absolute Gasteiger partial charge is 0.467 e. The molecule has 2 amide bonds. The van der Waals surface area contributed by atoms with E-state index in [1.54, 1.807) is 18.2 Å². The van der Waals surface area contributed by atoms with E-state index in [9.17, 15) is 14.4 Å². The second-order valence-corrected chi connectivity index (χ2v) is 8.75. The predicted molar refractivity (Wildman–Crippen MR) is 138 cm³/mol. The van der Waals surface area contributed by atoms with Crippen LogP contribution in [0.5, 0.6) is 0 Å². The Morgan fingerprint density at radius 3 is 1.92 bits per heavy atom. The number of methoxy groups -OCH3 is 1. The molecule has 0 spiro atoms. The number of carbonyl (C=O) groups is 3. The monoisotopic (exact) mass is 528 g/mol. The molecule has 3 rings (SSSR count). The topological polar surface area (TPSA) is 93.7 Å². The van der Waals surface area contributed by atoms with Gasteiger partial charge in [0.15, 0.2) is 0 Å². The Morgan fingerprint density at radius 2 is 1.33 bits per heavy atom. The van der Waals surface area contributed by atoms with Crippen molar-refractivity contribution in [3.05, 3.63) is 106 Å². The highest BCUT2D eigenvalue weighted by Gasteiger charge is 2.29. The van der Waals surface area contributed by atoms with Crippen molar-refractivity contribution in [3.8, 4) is 0 Å². The Balaban J connectivity index is 1.75. The lowest BCUT2D eigenvalue weighted by atomic mass is 10.0. The molecule has 36 heavy (non-hydrogen) atoms. The first-order chi connectivity index (χ1) is 17.4. The Kier molecular flexibility index (Phi) is 10.2. The highest BCUT2D eigenvalue weighted by Crippen LogP contribution is 2.25. The number of alkyl carbamates (subject to hydrolysis) is 1. The summed E-state index contributed by atoms with van der Waals surface area (Å²) < 4.78 is 10.2. The van der Waals surface area contributed by atoms with Gasteiger partial charge < -0.3 is 20.1 Å². The standard InChI is InChI=1S/C27H26Cl2N2O5/c1-35-26(33)24(16-20-21(28)13-8-14-22(20)29)30-25(32)23(15-18-9-4-2-5-10-18)31-27(34)36-17-19-11-6-3-7-12-19/h2-14,23-24H,15-17H2,1H3,(H,30,32)(H,31,34)/t23-,24-/m0/s1. The molecule has 0 aliphatic carbocycles. The van der Waals surface area contributed by atoms with Crippen molar-refractivity contribution in [1.82, 2.24) is 10.6 Å². The summed E-state index contributed by atoms with van der Waals surface area (Å²) in [6.07, 6.45) is -0.583. The summed E-state index contributed by atoms with van der Waals surface area (Å²) in [4.78, 5) is 38.3. The molecule has 0 radical (unpaired) electrons. The fourth-order valence-electron chi connectivity index (χ4n) is 3.51. The van der Waals surface area contributed by atoms with Crippen LogP contribution in [0.3, 0.4) is 0 Å². The van der Waals surface area contributed by atoms with E-state index >= 15 is 0 Å². The third-order valence-electron chi connectivity index (χ3n) is 5.38. The first kappa shape index (κ1) is 27.0. The zero-order valence-electron chi connectivity index (χ0n) is 19.6. The molecular formula is C27H26Cl2N2O5. The van der Waals surface area contributed by atoms with Crippen LogP contribution in [0.4, 0.5) is 4.79 Å². The normalized spacial score (nSPS) is 12.2. The zero-order chi connectivity index (χ0) is 25.9. The average molecular weight is 529 g/mol. The summed E-state index contributed by atoms with van der Waals surface area (Å²) in [6.45, 7) is 0.0438. The fraction of sp³-hybridized carbons (Fsp3) is 0.222. The Morgan fingerprint density at radius 1 is 0.750 bits per heavy atom. The van der Waals surface area contributed by atoms with Crippen LogP contribution in [0.15, 0.2) is 78.9 Å². The highest BCUT2D eigenvalue weighted by atomic mass is 35.5. The number of hydrogen-bond donors (Lipinski definition) is 2. The van der Waals surface area contributed by atoms with Gasteiger partial charge in [0.1, 0.15) is 18.7 Å². The number of carbonyl (C=O) groups excluding carboxylic acids is 3. The SMILES string of the molecule is COC(=O)[C@H](Cc1c(Cl)cccc1Cl)NC(=O)[C@H](Cc1ccccc1)NC(=O)OCc1ccccc1. The van der Waals surface area contributed by atoms with Crippen LogP contribution in [-0.2, 0) is 38.5 Å². The van der Waals surface area contributed by atoms with Gasteiger partial charge in [-0.3, -0.25) is 4.79 Å². The van der Waals surface area contributed by atoms with Gasteiger partial charge in [-0.1, -0.05) is 89.9 Å². The van der Waals surface area contributed by atoms with Gasteiger partial charge in [-0.2, -0.15) is 0 Å². The van der Waals surface area contributed by atoms with Crippen molar-refractivity contribution in [2.75, 3.05) is 7.11 Å². The van der Waals surface area contributed by atoms with Crippen molar-refractivity contribution in [3.63, 3.8) is 0 Å². The molecule has 0 saturated carbocycles. The van der Waals surface area contributed by atoms with E-state index in [0.717, 1.165) is 11.1 Å². The average Bonchev–Trinajstić information content (AvgIpc) is 2.89. The molecular weight excluding hydrogens is 503 g/mol. The molecule has 0 unspecified atom stereocenters. The summed E-state index contributed by atoms with van der Waals surface area (Å²) in [6, 6.07) is 21.2. The third kappa shape index (κ3) is 8.00. The number of amides is 2. The maximum Gasteiger partial charge on any atom is 0.408 e. The molecule has 0 heterocycles. The quantitative estimate of drug-likeness (QED) is 0.371. The van der Waals surface area contributed by atoms with Crippen LogP contribution >= 0.6 is 23.2 Å². The minimum atomic E-state index is -1.08. The van der Waals surface area contributed by atoms with Crippen molar-refractivity contribution in [1.29, 1.82) is 0 Å². The van der Waals surface area contributed by atoms with Crippen molar-refractivity contribution >= 4 is 41.2 Å². The number of hydrogen-bond acceptors (Lipinski definition) is 5. The van der Waals surface area contributed by atoms with Gasteiger partial charge in [-0.25, -0.2) is 9.59 Å². The number of rotatable bonds is 10. The van der Waals surface area contributed by atoms with E-state index in [-0.39, 0.29) is 19.4 Å². The predicted octanol–water partition coefficient (Wildman–Crippen LogP) is 4.73. The molecule has 0 saturated heterocycles. The van der Waals surface area contributed by atoms with Crippen LogP contribution in [0, 0.1) is 0 Å². The number of esters is 1. The summed E-state index contributed by atoms with van der Waals surface area (Å²) >= 11 is 12.5. The smallest absolute Gasteiger partial charge is 0.408 e. The molecule has 0 bridgehead atoms. The summed E-state index contributed by atoms with van der Waals surface area (Å²) in [5.41, 5.74) is 2.11. The Bertz CT molecular complexity index is 1160. The van der Waals surface area contributed by atoms with E-state index in [2.05, 4.69) is 10.6 Å². The van der Waals surface area contributed by atoms with Crippen LogP contribution in [0.1, 0.15) is 16.7 Å². The number of benzene rings is 3. The van der Waals surface area contributed by atoms with Crippen LogP contribution in [0.25, 0.3) is 0 Å². The number of nitrogens with one attached hydrogen (secondary N) is 2. The van der Waals surface area contributed by atoms with Crippen molar-refractivity contribution < 1.29 is 23.9 Å².